The molecular formula is C25H16ClF3N4O. The van der Waals surface area contributed by atoms with Crippen LogP contribution in [0.25, 0.3) is 27.9 Å². The van der Waals surface area contributed by atoms with E-state index in [1.165, 1.54) is 15.1 Å². The molecule has 0 atom stereocenters. The minimum Gasteiger partial charge on any atom is -0.251 e. The van der Waals surface area contributed by atoms with E-state index in [1.54, 1.807) is 18.3 Å². The normalized spacial score (nSPS) is 11.8. The van der Waals surface area contributed by atoms with Gasteiger partial charge in [-0.25, -0.2) is 13.9 Å². The Hall–Kier alpha value is -3.91. The molecule has 0 spiro atoms. The largest absolute Gasteiger partial charge is 0.433 e. The van der Waals surface area contributed by atoms with Gasteiger partial charge in [0.25, 0.3) is 0 Å². The van der Waals surface area contributed by atoms with Gasteiger partial charge < -0.3 is 0 Å². The third-order valence-corrected chi connectivity index (χ3v) is 5.67. The number of benzene rings is 2. The number of pyridine rings is 2. The molecule has 0 amide bonds. The van der Waals surface area contributed by atoms with Crippen molar-refractivity contribution < 1.29 is 13.2 Å². The minimum atomic E-state index is -4.53. The highest BCUT2D eigenvalue weighted by molar-refractivity contribution is 6.30. The number of hydrogen-bond donors (Lipinski definition) is 0. The first-order valence-corrected chi connectivity index (χ1v) is 10.6. The Kier molecular flexibility index (Phi) is 5.45. The average molecular weight is 481 g/mol. The molecule has 5 aromatic rings. The predicted molar refractivity (Wildman–Crippen MR) is 124 cm³/mol. The van der Waals surface area contributed by atoms with Gasteiger partial charge in [-0.3, -0.25) is 4.98 Å². The zero-order valence-corrected chi connectivity index (χ0v) is 18.3. The molecule has 5 rings (SSSR count). The van der Waals surface area contributed by atoms with E-state index in [9.17, 15) is 18.0 Å². The van der Waals surface area contributed by atoms with Crippen LogP contribution >= 0.6 is 11.6 Å². The maximum Gasteiger partial charge on any atom is 0.433 e. The van der Waals surface area contributed by atoms with Crippen molar-refractivity contribution in [3.8, 4) is 22.3 Å². The molecule has 2 aromatic carbocycles. The first kappa shape index (κ1) is 21.9. The van der Waals surface area contributed by atoms with Crippen LogP contribution in [-0.2, 0) is 12.7 Å². The molecule has 34 heavy (non-hydrogen) atoms. The van der Waals surface area contributed by atoms with Crippen molar-refractivity contribution in [2.75, 3.05) is 0 Å². The van der Waals surface area contributed by atoms with Crippen molar-refractivity contribution in [1.82, 2.24) is 19.2 Å². The van der Waals surface area contributed by atoms with Crippen molar-refractivity contribution in [2.24, 2.45) is 0 Å². The first-order valence-electron chi connectivity index (χ1n) is 10.3. The van der Waals surface area contributed by atoms with Gasteiger partial charge in [-0.1, -0.05) is 60.1 Å². The molecule has 0 unspecified atom stereocenters. The van der Waals surface area contributed by atoms with Crippen molar-refractivity contribution in [1.29, 1.82) is 0 Å². The lowest BCUT2D eigenvalue weighted by atomic mass is 9.96. The molecule has 0 saturated carbocycles. The molecule has 0 bridgehead atoms. The van der Waals surface area contributed by atoms with Gasteiger partial charge in [0, 0.05) is 23.0 Å². The van der Waals surface area contributed by atoms with E-state index in [1.807, 2.05) is 48.5 Å². The van der Waals surface area contributed by atoms with Crippen molar-refractivity contribution in [2.45, 2.75) is 12.7 Å². The summed E-state index contributed by atoms with van der Waals surface area (Å²) in [5.74, 6) is 0. The van der Waals surface area contributed by atoms with E-state index < -0.39 is 17.6 Å². The molecule has 0 radical (unpaired) electrons. The molecule has 0 aliphatic heterocycles. The average Bonchev–Trinajstić information content (AvgIpc) is 3.14. The fourth-order valence-corrected chi connectivity index (χ4v) is 3.92. The fraction of sp³-hybridized carbons (Fsp3) is 0.0800. The lowest BCUT2D eigenvalue weighted by molar-refractivity contribution is -0.141. The number of fused-ring (bicyclic) bond motifs is 1. The Labute approximate surface area is 196 Å². The topological polar surface area (TPSA) is 52.2 Å². The smallest absolute Gasteiger partial charge is 0.251 e. The predicted octanol–water partition coefficient (Wildman–Crippen LogP) is 5.95. The van der Waals surface area contributed by atoms with Gasteiger partial charge in [-0.15, -0.1) is 5.10 Å². The molecule has 3 aromatic heterocycles. The van der Waals surface area contributed by atoms with Crippen LogP contribution in [0.4, 0.5) is 13.2 Å². The van der Waals surface area contributed by atoms with Crippen molar-refractivity contribution >= 4 is 17.2 Å². The number of nitrogens with zero attached hydrogens (tertiary/aromatic N) is 4. The zero-order chi connectivity index (χ0) is 23.9. The van der Waals surface area contributed by atoms with Gasteiger partial charge in [0.1, 0.15) is 5.69 Å². The lowest BCUT2D eigenvalue weighted by Gasteiger charge is -2.11. The monoisotopic (exact) mass is 480 g/mol. The first-order chi connectivity index (χ1) is 16.3. The molecule has 9 heteroatoms. The van der Waals surface area contributed by atoms with Gasteiger partial charge in [-0.05, 0) is 46.5 Å². The van der Waals surface area contributed by atoms with Crippen LogP contribution in [-0.4, -0.2) is 19.2 Å². The number of rotatable bonds is 4. The molecule has 0 N–H and O–H groups in total. The second-order valence-corrected chi connectivity index (χ2v) is 8.10. The molecule has 3 heterocycles. The third kappa shape index (κ3) is 4.08. The second kappa shape index (κ2) is 8.46. The maximum atomic E-state index is 13.1. The Balaban J connectivity index is 1.65. The molecule has 0 fully saturated rings. The summed E-state index contributed by atoms with van der Waals surface area (Å²) in [5.41, 5.74) is 2.86. The number of aromatic nitrogens is 4. The van der Waals surface area contributed by atoms with Crippen LogP contribution in [0.15, 0.2) is 90.0 Å². The van der Waals surface area contributed by atoms with Gasteiger partial charge in [0.15, 0.2) is 5.65 Å². The van der Waals surface area contributed by atoms with E-state index in [4.69, 9.17) is 11.6 Å². The van der Waals surface area contributed by atoms with Gasteiger partial charge >= 0.3 is 11.9 Å². The Bertz CT molecular complexity index is 1520. The SMILES string of the molecule is O=c1n(Cc2ccc(C(F)(F)F)nc2)nc2c(-c3ccccc3)c(-c3ccc(Cl)cc3)ccn12. The summed E-state index contributed by atoms with van der Waals surface area (Å²) in [6, 6.07) is 20.9. The van der Waals surface area contributed by atoms with E-state index in [0.29, 0.717) is 16.2 Å². The Morgan fingerprint density at radius 3 is 2.26 bits per heavy atom. The summed E-state index contributed by atoms with van der Waals surface area (Å²) >= 11 is 6.06. The summed E-state index contributed by atoms with van der Waals surface area (Å²) < 4.78 is 41.1. The minimum absolute atomic E-state index is 0.0177. The van der Waals surface area contributed by atoms with Crippen LogP contribution in [0.2, 0.25) is 5.02 Å². The van der Waals surface area contributed by atoms with Gasteiger partial charge in [-0.2, -0.15) is 13.2 Å². The highest BCUT2D eigenvalue weighted by Gasteiger charge is 2.32. The highest BCUT2D eigenvalue weighted by atomic mass is 35.5. The second-order valence-electron chi connectivity index (χ2n) is 7.66. The molecule has 0 aliphatic rings. The summed E-state index contributed by atoms with van der Waals surface area (Å²) in [4.78, 5) is 16.6. The summed E-state index contributed by atoms with van der Waals surface area (Å²) in [6.45, 7) is -0.0177. The highest BCUT2D eigenvalue weighted by Crippen LogP contribution is 2.35. The quantitative estimate of drug-likeness (QED) is 0.319. The van der Waals surface area contributed by atoms with Crippen molar-refractivity contribution in [3.63, 3.8) is 0 Å². The van der Waals surface area contributed by atoms with E-state index >= 15 is 0 Å². The molecule has 0 aliphatic carbocycles. The third-order valence-electron chi connectivity index (χ3n) is 5.42. The number of alkyl halides is 3. The van der Waals surface area contributed by atoms with Gasteiger partial charge in [0.05, 0.1) is 6.54 Å². The van der Waals surface area contributed by atoms with Crippen LogP contribution in [0.5, 0.6) is 0 Å². The van der Waals surface area contributed by atoms with Crippen LogP contribution in [0, 0.1) is 0 Å². The summed E-state index contributed by atoms with van der Waals surface area (Å²) in [7, 11) is 0. The van der Waals surface area contributed by atoms with Crippen LogP contribution in [0.1, 0.15) is 11.3 Å². The van der Waals surface area contributed by atoms with Gasteiger partial charge in [0.2, 0.25) is 0 Å². The summed E-state index contributed by atoms with van der Waals surface area (Å²) in [5, 5.41) is 5.16. The zero-order valence-electron chi connectivity index (χ0n) is 17.5. The van der Waals surface area contributed by atoms with E-state index in [2.05, 4.69) is 10.1 Å². The molecule has 0 saturated heterocycles. The van der Waals surface area contributed by atoms with E-state index in [-0.39, 0.29) is 6.54 Å². The Morgan fingerprint density at radius 2 is 1.62 bits per heavy atom. The van der Waals surface area contributed by atoms with Crippen LogP contribution in [0.3, 0.4) is 0 Å². The Morgan fingerprint density at radius 1 is 0.882 bits per heavy atom. The number of hydrogen-bond acceptors (Lipinski definition) is 3. The fourth-order valence-electron chi connectivity index (χ4n) is 3.80. The summed E-state index contributed by atoms with van der Waals surface area (Å²) in [6.07, 6.45) is -1.78. The van der Waals surface area contributed by atoms with Crippen LogP contribution < -0.4 is 5.69 Å². The lowest BCUT2D eigenvalue weighted by Crippen LogP contribution is -2.21. The van der Waals surface area contributed by atoms with Crippen molar-refractivity contribution in [3.05, 3.63) is 112 Å². The van der Waals surface area contributed by atoms with E-state index in [0.717, 1.165) is 34.5 Å². The number of halogens is 4. The molecule has 5 nitrogen and oxygen atoms in total. The molecule has 170 valence electrons. The standard InChI is InChI=1S/C25H16ClF3N4O/c26-19-9-7-17(8-10-19)20-12-13-32-23(22(20)18-4-2-1-3-5-18)31-33(24(32)34)15-16-6-11-21(30-14-16)25(27,28)29/h1-14H,15H2. The maximum absolute atomic E-state index is 13.1. The molecular weight excluding hydrogens is 465 g/mol.